The molecule has 0 radical (unpaired) electrons. The van der Waals surface area contributed by atoms with Crippen LogP contribution in [0.4, 0.5) is 8.78 Å². The molecular weight excluding hydrogens is 406 g/mol. The first kappa shape index (κ1) is 20.7. The fourth-order valence-electron chi connectivity index (χ4n) is 3.69. The fourth-order valence-corrected chi connectivity index (χ4v) is 3.69. The number of halogens is 2. The number of nitrogens with one attached hydrogen (secondary N) is 1. The smallest absolute Gasteiger partial charge is 0.264 e. The molecule has 1 unspecified atom stereocenters. The van der Waals surface area contributed by atoms with Crippen molar-refractivity contribution in [3.63, 3.8) is 0 Å². The van der Waals surface area contributed by atoms with E-state index in [2.05, 4.69) is 20.5 Å². The van der Waals surface area contributed by atoms with Crippen LogP contribution in [0.5, 0.6) is 0 Å². The first-order valence-electron chi connectivity index (χ1n) is 9.90. The third-order valence-corrected chi connectivity index (χ3v) is 5.08. The van der Waals surface area contributed by atoms with Gasteiger partial charge >= 0.3 is 0 Å². The van der Waals surface area contributed by atoms with Gasteiger partial charge < -0.3 is 9.73 Å². The van der Waals surface area contributed by atoms with Crippen molar-refractivity contribution in [2.24, 2.45) is 0 Å². The van der Waals surface area contributed by atoms with Crippen LogP contribution in [0.25, 0.3) is 22.5 Å². The van der Waals surface area contributed by atoms with Crippen molar-refractivity contribution in [3.8, 4) is 11.5 Å². The minimum Gasteiger partial charge on any atom is -0.463 e. The molecule has 0 saturated carbocycles. The molecule has 0 saturated heterocycles. The molecule has 0 bridgehead atoms. The minimum absolute atomic E-state index is 0.160. The number of hydrogen-bond acceptors (Lipinski definition) is 5. The van der Waals surface area contributed by atoms with E-state index in [-0.39, 0.29) is 40.8 Å². The highest BCUT2D eigenvalue weighted by atomic mass is 19.3. The molecule has 1 amide bonds. The molecule has 4 aromatic heterocycles. The van der Waals surface area contributed by atoms with Crippen molar-refractivity contribution >= 4 is 16.9 Å². The Hall–Kier alpha value is -3.56. The van der Waals surface area contributed by atoms with Crippen LogP contribution in [0.1, 0.15) is 43.3 Å². The molecule has 10 heteroatoms. The number of amides is 1. The number of aryl methyl sites for hydroxylation is 2. The first-order chi connectivity index (χ1) is 14.9. The quantitative estimate of drug-likeness (QED) is 0.480. The Morgan fingerprint density at radius 2 is 2.10 bits per heavy atom. The number of carbonyl (C=O) groups is 1. The zero-order chi connectivity index (χ0) is 22.1. The molecule has 4 heterocycles. The van der Waals surface area contributed by atoms with E-state index in [4.69, 9.17) is 4.42 Å². The van der Waals surface area contributed by atoms with Gasteiger partial charge in [-0.3, -0.25) is 9.48 Å². The average molecular weight is 428 g/mol. The molecule has 0 aromatic carbocycles. The highest BCUT2D eigenvalue weighted by molar-refractivity contribution is 5.86. The summed E-state index contributed by atoms with van der Waals surface area (Å²) in [6.07, 6.45) is 0.401. The number of alkyl halides is 2. The second-order valence-electron chi connectivity index (χ2n) is 7.18. The van der Waals surface area contributed by atoms with Crippen LogP contribution in [-0.2, 0) is 17.9 Å². The lowest BCUT2D eigenvalue weighted by Crippen LogP contribution is -2.31. The zero-order valence-corrected chi connectivity index (χ0v) is 17.3. The maximum Gasteiger partial charge on any atom is 0.264 e. The Labute approximate surface area is 176 Å². The van der Waals surface area contributed by atoms with E-state index in [0.29, 0.717) is 18.0 Å². The molecule has 162 valence electrons. The van der Waals surface area contributed by atoms with E-state index in [0.717, 1.165) is 5.69 Å². The molecule has 0 spiro atoms. The summed E-state index contributed by atoms with van der Waals surface area (Å²) in [4.78, 5) is 17.2. The van der Waals surface area contributed by atoms with Crippen molar-refractivity contribution in [2.75, 3.05) is 0 Å². The van der Waals surface area contributed by atoms with Crippen LogP contribution in [0.15, 0.2) is 41.1 Å². The largest absolute Gasteiger partial charge is 0.463 e. The number of nitrogens with zero attached hydrogens (tertiary/aromatic N) is 5. The van der Waals surface area contributed by atoms with Crippen LogP contribution in [0.3, 0.4) is 0 Å². The Kier molecular flexibility index (Phi) is 5.53. The average Bonchev–Trinajstić information content (AvgIpc) is 3.48. The standard InChI is InChI=1S/C21H22F2N6O2/c1-4-28-16(7-8-24-28)12(2)25-18(30)11-29-21-19(13(3)27-29)14(20(22)23)10-15(26-21)17-6-5-9-31-17/h5-10,12,20H,4,11H2,1-3H3,(H,25,30). The van der Waals surface area contributed by atoms with Gasteiger partial charge in [0.05, 0.1) is 29.1 Å². The number of aromatic nitrogens is 5. The van der Waals surface area contributed by atoms with E-state index in [1.165, 1.54) is 17.0 Å². The minimum atomic E-state index is -2.72. The van der Waals surface area contributed by atoms with Crippen molar-refractivity contribution in [3.05, 3.63) is 53.7 Å². The van der Waals surface area contributed by atoms with E-state index >= 15 is 0 Å². The van der Waals surface area contributed by atoms with E-state index in [1.54, 1.807) is 29.9 Å². The Balaban J connectivity index is 1.67. The summed E-state index contributed by atoms with van der Waals surface area (Å²) in [5.41, 5.74) is 1.53. The van der Waals surface area contributed by atoms with Gasteiger partial charge in [-0.05, 0) is 45.0 Å². The van der Waals surface area contributed by atoms with Crippen molar-refractivity contribution < 1.29 is 18.0 Å². The van der Waals surface area contributed by atoms with Crippen molar-refractivity contribution in [1.82, 2.24) is 29.9 Å². The Morgan fingerprint density at radius 1 is 1.29 bits per heavy atom. The predicted octanol–water partition coefficient (Wildman–Crippen LogP) is 4.03. The molecule has 0 aliphatic rings. The third kappa shape index (κ3) is 3.92. The molecule has 0 aliphatic heterocycles. The molecule has 8 nitrogen and oxygen atoms in total. The predicted molar refractivity (Wildman–Crippen MR) is 109 cm³/mol. The maximum absolute atomic E-state index is 13.8. The lowest BCUT2D eigenvalue weighted by atomic mass is 10.1. The fraction of sp³-hybridized carbons (Fsp3) is 0.333. The van der Waals surface area contributed by atoms with Crippen LogP contribution in [0, 0.1) is 6.92 Å². The van der Waals surface area contributed by atoms with Gasteiger partial charge in [0.2, 0.25) is 5.91 Å². The number of fused-ring (bicyclic) bond motifs is 1. The number of furan rings is 1. The van der Waals surface area contributed by atoms with E-state index in [1.807, 2.05) is 19.9 Å². The highest BCUT2D eigenvalue weighted by Crippen LogP contribution is 2.33. The normalized spacial score (nSPS) is 12.6. The second-order valence-corrected chi connectivity index (χ2v) is 7.18. The molecule has 1 atom stereocenters. The summed E-state index contributed by atoms with van der Waals surface area (Å²) in [6.45, 7) is 5.97. The van der Waals surface area contributed by atoms with Gasteiger partial charge in [-0.2, -0.15) is 10.2 Å². The monoisotopic (exact) mass is 428 g/mol. The molecule has 4 rings (SSSR count). The van der Waals surface area contributed by atoms with Gasteiger partial charge in [0.25, 0.3) is 6.43 Å². The van der Waals surface area contributed by atoms with Gasteiger partial charge in [-0.25, -0.2) is 18.4 Å². The summed E-state index contributed by atoms with van der Waals surface area (Å²) in [5.74, 6) is 0.0460. The second kappa shape index (κ2) is 8.29. The number of hydrogen-bond donors (Lipinski definition) is 1. The summed E-state index contributed by atoms with van der Waals surface area (Å²) < 4.78 is 36.0. The molecule has 1 N–H and O–H groups in total. The topological polar surface area (TPSA) is 90.8 Å². The van der Waals surface area contributed by atoms with Crippen molar-refractivity contribution in [2.45, 2.75) is 46.3 Å². The van der Waals surface area contributed by atoms with E-state index < -0.39 is 6.43 Å². The lowest BCUT2D eigenvalue weighted by molar-refractivity contribution is -0.122. The lowest BCUT2D eigenvalue weighted by Gasteiger charge is -2.15. The van der Waals surface area contributed by atoms with Crippen LogP contribution < -0.4 is 5.32 Å². The van der Waals surface area contributed by atoms with Crippen LogP contribution >= 0.6 is 0 Å². The summed E-state index contributed by atoms with van der Waals surface area (Å²) in [6, 6.07) is 6.16. The number of rotatable bonds is 7. The molecule has 4 aromatic rings. The first-order valence-corrected chi connectivity index (χ1v) is 9.90. The summed E-state index contributed by atoms with van der Waals surface area (Å²) in [7, 11) is 0. The van der Waals surface area contributed by atoms with Crippen LogP contribution in [0.2, 0.25) is 0 Å². The van der Waals surface area contributed by atoms with E-state index in [9.17, 15) is 13.6 Å². The number of carbonyl (C=O) groups excluding carboxylic acids is 1. The van der Waals surface area contributed by atoms with Crippen molar-refractivity contribution in [1.29, 1.82) is 0 Å². The van der Waals surface area contributed by atoms with Gasteiger partial charge in [0.15, 0.2) is 11.4 Å². The summed E-state index contributed by atoms with van der Waals surface area (Å²) in [5, 5.41) is 11.7. The van der Waals surface area contributed by atoms with Gasteiger partial charge in [0.1, 0.15) is 12.2 Å². The summed E-state index contributed by atoms with van der Waals surface area (Å²) >= 11 is 0. The molecule has 0 aliphatic carbocycles. The molecular formula is C21H22F2N6O2. The number of pyridine rings is 1. The Bertz CT molecular complexity index is 1210. The Morgan fingerprint density at radius 3 is 2.77 bits per heavy atom. The highest BCUT2D eigenvalue weighted by Gasteiger charge is 2.23. The maximum atomic E-state index is 13.8. The van der Waals surface area contributed by atoms with Gasteiger partial charge in [-0.1, -0.05) is 0 Å². The molecule has 31 heavy (non-hydrogen) atoms. The molecule has 0 fully saturated rings. The van der Waals surface area contributed by atoms with Gasteiger partial charge in [-0.15, -0.1) is 0 Å². The van der Waals surface area contributed by atoms with Gasteiger partial charge in [0, 0.05) is 18.3 Å². The zero-order valence-electron chi connectivity index (χ0n) is 17.3. The third-order valence-electron chi connectivity index (χ3n) is 5.08. The SMILES string of the molecule is CCn1nccc1C(C)NC(=O)Cn1nc(C)c2c(C(F)F)cc(-c3ccco3)nc21. The van der Waals surface area contributed by atoms with Crippen LogP contribution in [-0.4, -0.2) is 30.5 Å².